The van der Waals surface area contributed by atoms with Crippen molar-refractivity contribution in [1.29, 1.82) is 0 Å². The van der Waals surface area contributed by atoms with Crippen molar-refractivity contribution >= 4 is 39.7 Å². The van der Waals surface area contributed by atoms with Crippen molar-refractivity contribution in [3.63, 3.8) is 0 Å². The molecule has 0 saturated heterocycles. The largest absolute Gasteiger partial charge is 0.383 e. The summed E-state index contributed by atoms with van der Waals surface area (Å²) in [6.07, 6.45) is 0. The molecule has 102 valence electrons. The van der Waals surface area contributed by atoms with Gasteiger partial charge in [0.25, 0.3) is 0 Å². The summed E-state index contributed by atoms with van der Waals surface area (Å²) in [5.74, 6) is 0.176. The molecule has 0 aliphatic carbocycles. The van der Waals surface area contributed by atoms with E-state index in [1.54, 1.807) is 6.07 Å². The number of anilines is 3. The molecular weight excluding hydrogens is 277 g/mol. The second-order valence-electron chi connectivity index (χ2n) is 4.59. The van der Waals surface area contributed by atoms with E-state index in [4.69, 9.17) is 17.3 Å². The molecule has 0 radical (unpaired) electrons. The van der Waals surface area contributed by atoms with Crippen LogP contribution in [0.5, 0.6) is 0 Å². The van der Waals surface area contributed by atoms with Gasteiger partial charge in [-0.3, -0.25) is 0 Å². The van der Waals surface area contributed by atoms with Crippen LogP contribution in [0, 0.1) is 5.82 Å². The fraction of sp³-hybridized carbons (Fsp3) is 0.0667. The van der Waals surface area contributed by atoms with Crippen molar-refractivity contribution in [3.05, 3.63) is 53.3 Å². The second kappa shape index (κ2) is 4.72. The molecule has 3 rings (SSSR count). The molecule has 2 aromatic carbocycles. The number of halogens is 2. The SMILES string of the molecule is Cn1c(N)c(Nc2ccc(F)c(Cl)c2)c2ccccc21. The topological polar surface area (TPSA) is 43.0 Å². The summed E-state index contributed by atoms with van der Waals surface area (Å²) < 4.78 is 15.1. The maximum atomic E-state index is 13.2. The highest BCUT2D eigenvalue weighted by atomic mass is 35.5. The van der Waals surface area contributed by atoms with Crippen LogP contribution >= 0.6 is 11.6 Å². The number of nitrogen functional groups attached to an aromatic ring is 1. The molecule has 0 saturated carbocycles. The Morgan fingerprint density at radius 1 is 1.20 bits per heavy atom. The maximum Gasteiger partial charge on any atom is 0.141 e. The van der Waals surface area contributed by atoms with E-state index in [1.807, 2.05) is 35.9 Å². The molecule has 5 heteroatoms. The Hall–Kier alpha value is -2.20. The summed E-state index contributed by atoms with van der Waals surface area (Å²) in [5, 5.41) is 4.29. The highest BCUT2D eigenvalue weighted by Crippen LogP contribution is 2.35. The van der Waals surface area contributed by atoms with Crippen molar-refractivity contribution in [2.24, 2.45) is 7.05 Å². The van der Waals surface area contributed by atoms with Crippen LogP contribution in [0.15, 0.2) is 42.5 Å². The number of nitrogens with one attached hydrogen (secondary N) is 1. The summed E-state index contributed by atoms with van der Waals surface area (Å²) in [6.45, 7) is 0. The van der Waals surface area contributed by atoms with Crippen LogP contribution in [-0.4, -0.2) is 4.57 Å². The molecule has 0 aliphatic heterocycles. The number of para-hydroxylation sites is 1. The number of nitrogens with zero attached hydrogens (tertiary/aromatic N) is 1. The molecule has 0 spiro atoms. The molecule has 3 nitrogen and oxygen atoms in total. The van der Waals surface area contributed by atoms with Crippen molar-refractivity contribution in [3.8, 4) is 0 Å². The molecule has 0 aliphatic rings. The second-order valence-corrected chi connectivity index (χ2v) is 5.00. The maximum absolute atomic E-state index is 13.2. The van der Waals surface area contributed by atoms with Crippen LogP contribution in [-0.2, 0) is 7.05 Å². The van der Waals surface area contributed by atoms with Crippen molar-refractivity contribution in [2.75, 3.05) is 11.1 Å². The van der Waals surface area contributed by atoms with E-state index in [0.717, 1.165) is 16.6 Å². The molecule has 3 aromatic rings. The number of aryl methyl sites for hydroxylation is 1. The molecule has 20 heavy (non-hydrogen) atoms. The van der Waals surface area contributed by atoms with Crippen LogP contribution in [0.1, 0.15) is 0 Å². The normalized spacial score (nSPS) is 10.9. The average Bonchev–Trinajstić information content (AvgIpc) is 2.69. The Bertz CT molecular complexity index is 795. The highest BCUT2D eigenvalue weighted by molar-refractivity contribution is 6.31. The van der Waals surface area contributed by atoms with Gasteiger partial charge < -0.3 is 15.6 Å². The van der Waals surface area contributed by atoms with Gasteiger partial charge in [-0.2, -0.15) is 0 Å². The Morgan fingerprint density at radius 3 is 2.70 bits per heavy atom. The van der Waals surface area contributed by atoms with Crippen molar-refractivity contribution in [2.45, 2.75) is 0 Å². The van der Waals surface area contributed by atoms with Crippen LogP contribution in [0.2, 0.25) is 5.02 Å². The predicted molar refractivity (Wildman–Crippen MR) is 82.0 cm³/mol. The van der Waals surface area contributed by atoms with Crippen LogP contribution < -0.4 is 11.1 Å². The zero-order valence-electron chi connectivity index (χ0n) is 10.8. The minimum Gasteiger partial charge on any atom is -0.383 e. The number of hydrogen-bond donors (Lipinski definition) is 2. The average molecular weight is 290 g/mol. The number of fused-ring (bicyclic) bond motifs is 1. The smallest absolute Gasteiger partial charge is 0.141 e. The Kier molecular flexibility index (Phi) is 3.03. The van der Waals surface area contributed by atoms with Gasteiger partial charge in [-0.05, 0) is 24.3 Å². The standard InChI is InChI=1S/C15H13ClFN3/c1-20-13-5-3-2-4-10(13)14(15(20)18)19-9-6-7-12(17)11(16)8-9/h2-8,19H,18H2,1H3. The molecule has 1 heterocycles. The van der Waals surface area contributed by atoms with Crippen LogP contribution in [0.3, 0.4) is 0 Å². The summed E-state index contributed by atoms with van der Waals surface area (Å²) in [4.78, 5) is 0. The summed E-state index contributed by atoms with van der Waals surface area (Å²) in [5.41, 5.74) is 8.64. The zero-order chi connectivity index (χ0) is 14.3. The lowest BCUT2D eigenvalue weighted by atomic mass is 10.2. The van der Waals surface area contributed by atoms with Gasteiger partial charge in [-0.15, -0.1) is 0 Å². The van der Waals surface area contributed by atoms with Crippen molar-refractivity contribution in [1.82, 2.24) is 4.57 Å². The lowest BCUT2D eigenvalue weighted by Gasteiger charge is -2.07. The van der Waals surface area contributed by atoms with Gasteiger partial charge in [-0.25, -0.2) is 4.39 Å². The number of aromatic nitrogens is 1. The molecule has 0 amide bonds. The first-order valence-electron chi connectivity index (χ1n) is 6.13. The third-order valence-electron chi connectivity index (χ3n) is 3.34. The summed E-state index contributed by atoms with van der Waals surface area (Å²) in [7, 11) is 1.90. The number of nitrogens with two attached hydrogens (primary N) is 1. The molecule has 0 atom stereocenters. The lowest BCUT2D eigenvalue weighted by Crippen LogP contribution is -1.99. The van der Waals surface area contributed by atoms with E-state index in [2.05, 4.69) is 5.32 Å². The Labute approximate surface area is 120 Å². The minimum atomic E-state index is -0.442. The first-order valence-corrected chi connectivity index (χ1v) is 6.50. The van der Waals surface area contributed by atoms with Gasteiger partial charge in [0.05, 0.1) is 16.2 Å². The van der Waals surface area contributed by atoms with Crippen molar-refractivity contribution < 1.29 is 4.39 Å². The molecule has 0 fully saturated rings. The fourth-order valence-electron chi connectivity index (χ4n) is 2.26. The molecule has 1 aromatic heterocycles. The Balaban J connectivity index is 2.10. The quantitative estimate of drug-likeness (QED) is 0.739. The molecule has 0 bridgehead atoms. The van der Waals surface area contributed by atoms with Gasteiger partial charge in [0.2, 0.25) is 0 Å². The molecule has 3 N–H and O–H groups in total. The van der Waals surface area contributed by atoms with Crippen LogP contribution in [0.4, 0.5) is 21.6 Å². The number of benzene rings is 2. The van der Waals surface area contributed by atoms with Gasteiger partial charge in [0.1, 0.15) is 11.6 Å². The highest BCUT2D eigenvalue weighted by Gasteiger charge is 2.12. The van der Waals surface area contributed by atoms with E-state index in [9.17, 15) is 4.39 Å². The van der Waals surface area contributed by atoms with E-state index in [0.29, 0.717) is 11.5 Å². The van der Waals surface area contributed by atoms with Crippen LogP contribution in [0.25, 0.3) is 10.9 Å². The zero-order valence-corrected chi connectivity index (χ0v) is 11.6. The molecule has 0 unspecified atom stereocenters. The summed E-state index contributed by atoms with van der Waals surface area (Å²) >= 11 is 5.79. The summed E-state index contributed by atoms with van der Waals surface area (Å²) in [6, 6.07) is 12.4. The van der Waals surface area contributed by atoms with Gasteiger partial charge in [0, 0.05) is 18.1 Å². The third kappa shape index (κ3) is 1.98. The van der Waals surface area contributed by atoms with Gasteiger partial charge in [-0.1, -0.05) is 29.8 Å². The third-order valence-corrected chi connectivity index (χ3v) is 3.63. The van der Waals surface area contributed by atoms with E-state index < -0.39 is 5.82 Å². The van der Waals surface area contributed by atoms with Gasteiger partial charge in [0.15, 0.2) is 0 Å². The minimum absolute atomic E-state index is 0.0776. The van der Waals surface area contributed by atoms with Gasteiger partial charge >= 0.3 is 0 Å². The predicted octanol–water partition coefficient (Wildman–Crippen LogP) is 4.30. The number of hydrogen-bond acceptors (Lipinski definition) is 2. The number of rotatable bonds is 2. The van der Waals surface area contributed by atoms with E-state index in [1.165, 1.54) is 12.1 Å². The first-order chi connectivity index (χ1) is 9.58. The Morgan fingerprint density at radius 2 is 1.95 bits per heavy atom. The van der Waals surface area contributed by atoms with E-state index in [-0.39, 0.29) is 5.02 Å². The monoisotopic (exact) mass is 289 g/mol. The van der Waals surface area contributed by atoms with E-state index >= 15 is 0 Å². The lowest BCUT2D eigenvalue weighted by molar-refractivity contribution is 0.628. The fourth-order valence-corrected chi connectivity index (χ4v) is 2.44. The molecular formula is C15H13ClFN3. The first kappa shape index (κ1) is 12.8.